The van der Waals surface area contributed by atoms with Crippen LogP contribution in [-0.4, -0.2) is 29.2 Å². The predicted octanol–water partition coefficient (Wildman–Crippen LogP) is 3.30. The summed E-state index contributed by atoms with van der Waals surface area (Å²) >= 11 is 0. The second-order valence-electron chi connectivity index (χ2n) is 6.23. The lowest BCUT2D eigenvalue weighted by Gasteiger charge is -2.26. The summed E-state index contributed by atoms with van der Waals surface area (Å²) in [7, 11) is 0. The molecule has 2 aliphatic rings. The molecule has 1 aromatic rings. The van der Waals surface area contributed by atoms with Crippen molar-refractivity contribution in [2.75, 3.05) is 13.1 Å². The van der Waals surface area contributed by atoms with E-state index in [1.165, 1.54) is 37.1 Å². The molecule has 1 N–H and O–H groups in total. The first kappa shape index (κ1) is 13.1. The summed E-state index contributed by atoms with van der Waals surface area (Å²) in [5.74, 6) is 0.671. The average Bonchev–Trinajstić information content (AvgIpc) is 2.94. The van der Waals surface area contributed by atoms with Crippen molar-refractivity contribution >= 4 is 0 Å². The van der Waals surface area contributed by atoms with Gasteiger partial charge in [0.05, 0.1) is 6.10 Å². The minimum atomic E-state index is -0.0503. The Kier molecular flexibility index (Phi) is 4.19. The summed E-state index contributed by atoms with van der Waals surface area (Å²) in [6.45, 7) is 3.65. The van der Waals surface area contributed by atoms with Crippen molar-refractivity contribution in [1.82, 2.24) is 4.90 Å². The third-order valence-corrected chi connectivity index (χ3v) is 4.75. The van der Waals surface area contributed by atoms with Crippen molar-refractivity contribution in [2.24, 2.45) is 0 Å². The second kappa shape index (κ2) is 6.06. The molecule has 0 bridgehead atoms. The van der Waals surface area contributed by atoms with Crippen LogP contribution in [0, 0.1) is 0 Å². The van der Waals surface area contributed by atoms with Crippen molar-refractivity contribution in [2.45, 2.75) is 57.1 Å². The number of aliphatic hydroxyl groups excluding tert-OH is 1. The molecule has 1 aromatic carbocycles. The van der Waals surface area contributed by atoms with Crippen LogP contribution in [-0.2, 0) is 6.54 Å². The molecule has 3 rings (SSSR count). The quantitative estimate of drug-likeness (QED) is 0.900. The summed E-state index contributed by atoms with van der Waals surface area (Å²) in [6, 6.07) is 9.24. The van der Waals surface area contributed by atoms with Crippen LogP contribution in [0.25, 0.3) is 0 Å². The molecule has 0 spiro atoms. The molecule has 1 aliphatic carbocycles. The Labute approximate surface area is 116 Å². The number of nitrogens with zero attached hydrogens (tertiary/aromatic N) is 1. The van der Waals surface area contributed by atoms with E-state index in [0.717, 1.165) is 32.2 Å². The molecule has 1 saturated heterocycles. The molecule has 19 heavy (non-hydrogen) atoms. The van der Waals surface area contributed by atoms with Gasteiger partial charge < -0.3 is 5.11 Å². The van der Waals surface area contributed by atoms with E-state index in [9.17, 15) is 5.11 Å². The summed E-state index contributed by atoms with van der Waals surface area (Å²) in [5.41, 5.74) is 2.92. The van der Waals surface area contributed by atoms with Crippen LogP contribution in [0.5, 0.6) is 0 Å². The largest absolute Gasteiger partial charge is 0.393 e. The van der Waals surface area contributed by atoms with Crippen molar-refractivity contribution in [3.63, 3.8) is 0 Å². The number of aliphatic hydroxyl groups is 1. The summed E-state index contributed by atoms with van der Waals surface area (Å²) in [6.07, 6.45) is 6.91. The van der Waals surface area contributed by atoms with Gasteiger partial charge in [-0.05, 0) is 68.7 Å². The molecule has 1 aliphatic heterocycles. The fourth-order valence-corrected chi connectivity index (χ4v) is 3.50. The lowest BCUT2D eigenvalue weighted by Crippen LogP contribution is -2.18. The lowest BCUT2D eigenvalue weighted by molar-refractivity contribution is 0.122. The Hall–Kier alpha value is -0.860. The first-order chi connectivity index (χ1) is 9.31. The minimum absolute atomic E-state index is 0.0503. The van der Waals surface area contributed by atoms with Crippen LogP contribution in [0.4, 0.5) is 0 Å². The van der Waals surface area contributed by atoms with Crippen LogP contribution in [0.2, 0.25) is 0 Å². The maximum absolute atomic E-state index is 9.57. The van der Waals surface area contributed by atoms with Gasteiger partial charge in [-0.2, -0.15) is 0 Å². The molecule has 2 fully saturated rings. The normalized spacial score (nSPS) is 28.7. The SMILES string of the molecule is OC1CCC(c2ccc(CN3CCCC3)cc2)CC1. The third kappa shape index (κ3) is 3.37. The van der Waals surface area contributed by atoms with Gasteiger partial charge in [0.25, 0.3) is 0 Å². The highest BCUT2D eigenvalue weighted by atomic mass is 16.3. The summed E-state index contributed by atoms with van der Waals surface area (Å²) in [4.78, 5) is 2.55. The van der Waals surface area contributed by atoms with Crippen LogP contribution in [0.3, 0.4) is 0 Å². The number of likely N-dealkylation sites (tertiary alicyclic amines) is 1. The summed E-state index contributed by atoms with van der Waals surface area (Å²) < 4.78 is 0. The van der Waals surface area contributed by atoms with Crippen LogP contribution < -0.4 is 0 Å². The van der Waals surface area contributed by atoms with Crippen LogP contribution in [0.15, 0.2) is 24.3 Å². The Morgan fingerprint density at radius 2 is 1.58 bits per heavy atom. The molecule has 0 atom stereocenters. The lowest BCUT2D eigenvalue weighted by atomic mass is 9.82. The van der Waals surface area contributed by atoms with E-state index >= 15 is 0 Å². The molecule has 0 amide bonds. The first-order valence-corrected chi connectivity index (χ1v) is 7.80. The highest BCUT2D eigenvalue weighted by molar-refractivity contribution is 5.26. The minimum Gasteiger partial charge on any atom is -0.393 e. The monoisotopic (exact) mass is 259 g/mol. The van der Waals surface area contributed by atoms with E-state index in [1.54, 1.807) is 0 Å². The molecule has 0 radical (unpaired) electrons. The zero-order valence-corrected chi connectivity index (χ0v) is 11.7. The molecular formula is C17H25NO. The third-order valence-electron chi connectivity index (χ3n) is 4.75. The average molecular weight is 259 g/mol. The van der Waals surface area contributed by atoms with Crippen LogP contribution >= 0.6 is 0 Å². The Bertz CT molecular complexity index is 386. The molecule has 1 heterocycles. The maximum Gasteiger partial charge on any atom is 0.0540 e. The van der Waals surface area contributed by atoms with E-state index in [-0.39, 0.29) is 6.10 Å². The van der Waals surface area contributed by atoms with Crippen molar-refractivity contribution in [1.29, 1.82) is 0 Å². The highest BCUT2D eigenvalue weighted by Crippen LogP contribution is 2.32. The van der Waals surface area contributed by atoms with Crippen molar-refractivity contribution in [3.8, 4) is 0 Å². The predicted molar refractivity (Wildman–Crippen MR) is 78.2 cm³/mol. The Morgan fingerprint density at radius 1 is 0.947 bits per heavy atom. The smallest absolute Gasteiger partial charge is 0.0540 e. The highest BCUT2D eigenvalue weighted by Gasteiger charge is 2.20. The van der Waals surface area contributed by atoms with Crippen LogP contribution in [0.1, 0.15) is 55.6 Å². The van der Waals surface area contributed by atoms with E-state index in [0.29, 0.717) is 5.92 Å². The van der Waals surface area contributed by atoms with Gasteiger partial charge in [0.15, 0.2) is 0 Å². The molecule has 2 heteroatoms. The Morgan fingerprint density at radius 3 is 2.21 bits per heavy atom. The molecule has 2 nitrogen and oxygen atoms in total. The van der Waals surface area contributed by atoms with Gasteiger partial charge in [-0.25, -0.2) is 0 Å². The van der Waals surface area contributed by atoms with Crippen molar-refractivity contribution in [3.05, 3.63) is 35.4 Å². The number of hydrogen-bond acceptors (Lipinski definition) is 2. The molecule has 104 valence electrons. The number of hydrogen-bond donors (Lipinski definition) is 1. The standard InChI is InChI=1S/C17H25NO/c19-17-9-7-16(8-10-17)15-5-3-14(4-6-15)13-18-11-1-2-12-18/h3-6,16-17,19H,1-2,7-13H2. The fourth-order valence-electron chi connectivity index (χ4n) is 3.50. The first-order valence-electron chi connectivity index (χ1n) is 7.80. The molecule has 0 unspecified atom stereocenters. The van der Waals surface area contributed by atoms with Gasteiger partial charge in [-0.1, -0.05) is 24.3 Å². The number of benzene rings is 1. The van der Waals surface area contributed by atoms with E-state index in [2.05, 4.69) is 29.2 Å². The molecular weight excluding hydrogens is 234 g/mol. The van der Waals surface area contributed by atoms with Gasteiger partial charge in [0, 0.05) is 6.54 Å². The van der Waals surface area contributed by atoms with Gasteiger partial charge in [0.1, 0.15) is 0 Å². The fraction of sp³-hybridized carbons (Fsp3) is 0.647. The van der Waals surface area contributed by atoms with Gasteiger partial charge >= 0.3 is 0 Å². The van der Waals surface area contributed by atoms with E-state index < -0.39 is 0 Å². The zero-order valence-electron chi connectivity index (χ0n) is 11.7. The topological polar surface area (TPSA) is 23.5 Å². The van der Waals surface area contributed by atoms with E-state index in [1.807, 2.05) is 0 Å². The second-order valence-corrected chi connectivity index (χ2v) is 6.23. The summed E-state index contributed by atoms with van der Waals surface area (Å²) in [5, 5.41) is 9.57. The molecule has 0 aromatic heterocycles. The van der Waals surface area contributed by atoms with Gasteiger partial charge in [-0.3, -0.25) is 4.90 Å². The van der Waals surface area contributed by atoms with E-state index in [4.69, 9.17) is 0 Å². The van der Waals surface area contributed by atoms with Crippen molar-refractivity contribution < 1.29 is 5.11 Å². The maximum atomic E-state index is 9.57. The van der Waals surface area contributed by atoms with Gasteiger partial charge in [0.2, 0.25) is 0 Å². The van der Waals surface area contributed by atoms with Gasteiger partial charge in [-0.15, -0.1) is 0 Å². The Balaban J connectivity index is 1.58. The molecule has 1 saturated carbocycles. The number of rotatable bonds is 3. The zero-order chi connectivity index (χ0) is 13.1.